The first-order chi connectivity index (χ1) is 13.9. The normalized spacial score (nSPS) is 14.4. The van der Waals surface area contributed by atoms with Crippen molar-refractivity contribution in [1.29, 1.82) is 0 Å². The Morgan fingerprint density at radius 2 is 1.69 bits per heavy atom. The van der Waals surface area contributed by atoms with E-state index < -0.39 is 0 Å². The number of nitrogens with zero attached hydrogens (tertiary/aromatic N) is 1. The third kappa shape index (κ3) is 2.52. The number of aromatic nitrogens is 1. The zero-order valence-corrected chi connectivity index (χ0v) is 18.3. The number of hydrogen-bond acceptors (Lipinski definition) is 0. The van der Waals surface area contributed by atoms with E-state index in [-0.39, 0.29) is 5.41 Å². The molecule has 5 rings (SSSR count). The zero-order chi connectivity index (χ0) is 20.3. The highest BCUT2D eigenvalue weighted by Crippen LogP contribution is 2.51. The van der Waals surface area contributed by atoms with Crippen molar-refractivity contribution in [2.45, 2.75) is 19.3 Å². The second-order valence-corrected chi connectivity index (χ2v) is 9.08. The number of hydrogen-bond donors (Lipinski definition) is 0. The lowest BCUT2D eigenvalue weighted by Gasteiger charge is -2.21. The Kier molecular flexibility index (Phi) is 3.97. The quantitative estimate of drug-likeness (QED) is 0.284. The van der Waals surface area contributed by atoms with E-state index in [0.717, 1.165) is 10.2 Å². The Morgan fingerprint density at radius 1 is 0.931 bits per heavy atom. The van der Waals surface area contributed by atoms with Gasteiger partial charge in [-0.2, -0.15) is 0 Å². The van der Waals surface area contributed by atoms with Gasteiger partial charge in [-0.3, -0.25) is 0 Å². The lowest BCUT2D eigenvalue weighted by Crippen LogP contribution is -2.14. The van der Waals surface area contributed by atoms with Crippen LogP contribution in [0.4, 0.5) is 0 Å². The van der Waals surface area contributed by atoms with Crippen LogP contribution in [0, 0.1) is 0 Å². The van der Waals surface area contributed by atoms with E-state index in [0.29, 0.717) is 0 Å². The first-order valence-corrected chi connectivity index (χ1v) is 10.6. The molecule has 0 N–H and O–H groups in total. The molecule has 0 aliphatic heterocycles. The van der Waals surface area contributed by atoms with Crippen LogP contribution >= 0.6 is 15.9 Å². The van der Waals surface area contributed by atoms with E-state index in [4.69, 9.17) is 0 Å². The van der Waals surface area contributed by atoms with Gasteiger partial charge in [-0.15, -0.1) is 0 Å². The topological polar surface area (TPSA) is 4.93 Å². The van der Waals surface area contributed by atoms with Gasteiger partial charge in [-0.05, 0) is 58.7 Å². The predicted molar refractivity (Wildman–Crippen MR) is 129 cm³/mol. The second-order valence-electron chi connectivity index (χ2n) is 8.17. The molecule has 2 heteroatoms. The number of para-hydroxylation sites is 1. The summed E-state index contributed by atoms with van der Waals surface area (Å²) in [6, 6.07) is 19.9. The molecule has 29 heavy (non-hydrogen) atoms. The van der Waals surface area contributed by atoms with Crippen molar-refractivity contribution in [3.05, 3.63) is 102 Å². The average Bonchev–Trinajstić information content (AvgIpc) is 3.14. The minimum Gasteiger partial charge on any atom is -0.310 e. The van der Waals surface area contributed by atoms with Crippen molar-refractivity contribution in [3.8, 4) is 11.1 Å². The van der Waals surface area contributed by atoms with Gasteiger partial charge in [-0.1, -0.05) is 79.4 Å². The molecule has 1 aromatic heterocycles. The first kappa shape index (κ1) is 18.2. The molecule has 0 spiro atoms. The average molecular weight is 440 g/mol. The molecule has 1 aliphatic carbocycles. The number of benzene rings is 3. The number of halogens is 1. The maximum absolute atomic E-state index is 4.34. The molecule has 0 saturated carbocycles. The smallest absolute Gasteiger partial charge is 0.0547 e. The number of rotatable bonds is 3. The molecule has 3 aromatic carbocycles. The van der Waals surface area contributed by atoms with Crippen LogP contribution in [0.5, 0.6) is 0 Å². The molecule has 0 bridgehead atoms. The first-order valence-electron chi connectivity index (χ1n) is 9.80. The fraction of sp³-hybridized carbons (Fsp3) is 0.111. The summed E-state index contributed by atoms with van der Waals surface area (Å²) in [7, 11) is 0. The Hall–Kier alpha value is -2.84. The van der Waals surface area contributed by atoms with Crippen molar-refractivity contribution < 1.29 is 0 Å². The summed E-state index contributed by atoms with van der Waals surface area (Å²) in [4.78, 5) is 0. The van der Waals surface area contributed by atoms with E-state index in [2.05, 4.69) is 102 Å². The maximum Gasteiger partial charge on any atom is 0.0547 e. The fourth-order valence-electron chi connectivity index (χ4n) is 4.73. The zero-order valence-electron chi connectivity index (χ0n) is 16.7. The fourth-order valence-corrected chi connectivity index (χ4v) is 5.09. The third-order valence-electron chi connectivity index (χ3n) is 6.14. The monoisotopic (exact) mass is 439 g/mol. The van der Waals surface area contributed by atoms with E-state index >= 15 is 0 Å². The van der Waals surface area contributed by atoms with Crippen molar-refractivity contribution in [2.24, 2.45) is 0 Å². The molecule has 0 fully saturated rings. The summed E-state index contributed by atoms with van der Waals surface area (Å²) >= 11 is 3.65. The summed E-state index contributed by atoms with van der Waals surface area (Å²) in [5.74, 6) is 0. The highest BCUT2D eigenvalue weighted by Gasteiger charge is 2.36. The Morgan fingerprint density at radius 3 is 2.48 bits per heavy atom. The molecule has 0 saturated heterocycles. The Bertz CT molecular complexity index is 1360. The molecule has 0 amide bonds. The molecule has 1 heterocycles. The largest absolute Gasteiger partial charge is 0.310 e. The van der Waals surface area contributed by atoms with Gasteiger partial charge in [0.1, 0.15) is 0 Å². The molecule has 1 nitrogen and oxygen atoms in total. The molecule has 0 atom stereocenters. The van der Waals surface area contributed by atoms with Gasteiger partial charge in [0.2, 0.25) is 0 Å². The van der Waals surface area contributed by atoms with Crippen LogP contribution < -0.4 is 0 Å². The van der Waals surface area contributed by atoms with E-state index in [9.17, 15) is 0 Å². The number of allylic oxidation sites excluding steroid dienone is 4. The van der Waals surface area contributed by atoms with Crippen LogP contribution in [0.25, 0.3) is 38.6 Å². The van der Waals surface area contributed by atoms with E-state index in [1.54, 1.807) is 6.08 Å². The molecule has 0 unspecified atom stereocenters. The van der Waals surface area contributed by atoms with Crippen molar-refractivity contribution in [2.75, 3.05) is 0 Å². The molecule has 1 aliphatic rings. The third-order valence-corrected chi connectivity index (χ3v) is 6.64. The van der Waals surface area contributed by atoms with Crippen molar-refractivity contribution in [3.63, 3.8) is 0 Å². The maximum atomic E-state index is 4.34. The van der Waals surface area contributed by atoms with Crippen LogP contribution in [-0.4, -0.2) is 4.57 Å². The van der Waals surface area contributed by atoms with Gasteiger partial charge in [0.25, 0.3) is 0 Å². The van der Waals surface area contributed by atoms with Crippen molar-refractivity contribution in [1.82, 2.24) is 4.57 Å². The van der Waals surface area contributed by atoms with Gasteiger partial charge in [0, 0.05) is 26.4 Å². The Labute approximate surface area is 179 Å². The minimum atomic E-state index is -0.0361. The predicted octanol–water partition coefficient (Wildman–Crippen LogP) is 8.08. The second kappa shape index (κ2) is 6.33. The lowest BCUT2D eigenvalue weighted by molar-refractivity contribution is 0.661. The Balaban J connectivity index is 1.90. The van der Waals surface area contributed by atoms with Gasteiger partial charge in [0.05, 0.1) is 11.0 Å². The summed E-state index contributed by atoms with van der Waals surface area (Å²) in [6.45, 7) is 12.8. The molecule has 142 valence electrons. The van der Waals surface area contributed by atoms with Crippen LogP contribution in [0.2, 0.25) is 0 Å². The summed E-state index contributed by atoms with van der Waals surface area (Å²) in [5, 5.41) is 2.53. The number of fused-ring (bicyclic) bond motifs is 6. The van der Waals surface area contributed by atoms with Gasteiger partial charge in [-0.25, -0.2) is 0 Å². The summed E-state index contributed by atoms with van der Waals surface area (Å²) in [6.07, 6.45) is 5.74. The summed E-state index contributed by atoms with van der Waals surface area (Å²) < 4.78 is 3.38. The molecular weight excluding hydrogens is 418 g/mol. The van der Waals surface area contributed by atoms with Crippen LogP contribution in [0.3, 0.4) is 0 Å². The minimum absolute atomic E-state index is 0.0361. The van der Waals surface area contributed by atoms with E-state index in [1.165, 1.54) is 44.1 Å². The van der Waals surface area contributed by atoms with Gasteiger partial charge in [0.15, 0.2) is 0 Å². The van der Waals surface area contributed by atoms with Gasteiger partial charge < -0.3 is 4.57 Å². The standard InChI is InChI=1S/C27H22BrN/c1-5-6-9-17(2)29-25-11-8-7-10-20(25)22-15-24-21(16-26(22)29)19-13-12-18(28)14-23(19)27(24,3)4/h5-16H,1-2H2,3-4H3/b9-6-. The molecule has 0 radical (unpaired) electrons. The highest BCUT2D eigenvalue weighted by molar-refractivity contribution is 9.10. The van der Waals surface area contributed by atoms with Crippen molar-refractivity contribution >= 4 is 43.4 Å². The lowest BCUT2D eigenvalue weighted by atomic mass is 9.82. The van der Waals surface area contributed by atoms with E-state index in [1.807, 2.05) is 12.2 Å². The summed E-state index contributed by atoms with van der Waals surface area (Å²) in [5.41, 5.74) is 8.65. The van der Waals surface area contributed by atoms with Crippen LogP contribution in [0.15, 0.2) is 90.5 Å². The molecular formula is C27H22BrN. The molecule has 4 aromatic rings. The highest BCUT2D eigenvalue weighted by atomic mass is 79.9. The van der Waals surface area contributed by atoms with Gasteiger partial charge >= 0.3 is 0 Å². The SMILES string of the molecule is C=C/C=C\C(=C)n1c2ccccc2c2cc3c(cc21)-c1ccc(Br)cc1C3(C)C. The van der Waals surface area contributed by atoms with Crippen LogP contribution in [-0.2, 0) is 5.41 Å². The van der Waals surface area contributed by atoms with Crippen LogP contribution in [0.1, 0.15) is 25.0 Å².